The van der Waals surface area contributed by atoms with E-state index in [9.17, 15) is 0 Å². The summed E-state index contributed by atoms with van der Waals surface area (Å²) >= 11 is 0. The van der Waals surface area contributed by atoms with Crippen molar-refractivity contribution >= 4 is 29.9 Å². The number of para-hydroxylation sites is 2. The maximum absolute atomic E-state index is 4.73. The molecule has 0 fully saturated rings. The quantitative estimate of drug-likeness (QED) is 0.331. The molecule has 0 amide bonds. The zero-order chi connectivity index (χ0) is 14.2. The van der Waals surface area contributed by atoms with Crippen LogP contribution in [0.3, 0.4) is 0 Å². The summed E-state index contributed by atoms with van der Waals surface area (Å²) in [6.45, 7) is 6.81. The highest BCUT2D eigenvalue weighted by atomic mass is 28.3. The maximum atomic E-state index is 4.73. The molecule has 0 unspecified atom stereocenters. The van der Waals surface area contributed by atoms with Crippen LogP contribution < -0.4 is 0 Å². The minimum absolute atomic E-state index is 1.02. The lowest BCUT2D eigenvalue weighted by atomic mass is 10.0. The van der Waals surface area contributed by atoms with Crippen LogP contribution in [-0.4, -0.2) is 13.1 Å². The first-order chi connectivity index (χ1) is 9.54. The lowest BCUT2D eigenvalue weighted by molar-refractivity contribution is 1.49. The molecule has 2 aromatic carbocycles. The molecule has 1 heterocycles. The molecule has 0 radical (unpaired) electrons. The van der Waals surface area contributed by atoms with Crippen molar-refractivity contribution in [3.8, 4) is 11.5 Å². The van der Waals surface area contributed by atoms with E-state index in [4.69, 9.17) is 4.98 Å². The number of benzene rings is 2. The van der Waals surface area contributed by atoms with Gasteiger partial charge < -0.3 is 0 Å². The van der Waals surface area contributed by atoms with Crippen molar-refractivity contribution in [2.45, 2.75) is 19.6 Å². The van der Waals surface area contributed by atoms with E-state index in [-0.39, 0.29) is 0 Å². The summed E-state index contributed by atoms with van der Waals surface area (Å²) in [5, 5.41) is 2.30. The molecule has 3 rings (SSSR count). The maximum Gasteiger partial charge on any atom is 0.129 e. The molecule has 98 valence electrons. The molecule has 0 atom stereocenters. The van der Waals surface area contributed by atoms with E-state index in [0.717, 1.165) is 27.4 Å². The predicted octanol–water partition coefficient (Wildman–Crippen LogP) is 4.62. The van der Waals surface area contributed by atoms with E-state index < -0.39 is 8.07 Å². The third-order valence-corrected chi connectivity index (χ3v) is 4.03. The van der Waals surface area contributed by atoms with E-state index in [0.29, 0.717) is 0 Å². The molecule has 0 spiro atoms. The zero-order valence-corrected chi connectivity index (χ0v) is 13.1. The average molecular weight is 275 g/mol. The SMILES string of the molecule is C[Si](C)(C)C#Cc1c2ccccc2nc2ccccc12. The van der Waals surface area contributed by atoms with E-state index in [1.807, 2.05) is 12.1 Å². The summed E-state index contributed by atoms with van der Waals surface area (Å²) in [5.74, 6) is 3.44. The van der Waals surface area contributed by atoms with E-state index in [1.165, 1.54) is 0 Å². The second kappa shape index (κ2) is 4.77. The van der Waals surface area contributed by atoms with Crippen molar-refractivity contribution in [3.05, 3.63) is 54.1 Å². The Morgan fingerprint density at radius 1 is 0.800 bits per heavy atom. The van der Waals surface area contributed by atoms with Gasteiger partial charge in [0.15, 0.2) is 0 Å². The summed E-state index contributed by atoms with van der Waals surface area (Å²) < 4.78 is 0. The lowest BCUT2D eigenvalue weighted by Crippen LogP contribution is -2.16. The number of rotatable bonds is 0. The summed E-state index contributed by atoms with van der Waals surface area (Å²) in [4.78, 5) is 4.73. The fourth-order valence-corrected chi connectivity index (χ4v) is 2.72. The van der Waals surface area contributed by atoms with E-state index in [2.05, 4.69) is 67.5 Å². The number of aromatic nitrogens is 1. The molecule has 2 heteroatoms. The molecular weight excluding hydrogens is 258 g/mol. The van der Waals surface area contributed by atoms with Crippen molar-refractivity contribution in [2.24, 2.45) is 0 Å². The second-order valence-corrected chi connectivity index (χ2v) is 10.8. The van der Waals surface area contributed by atoms with Gasteiger partial charge in [-0.1, -0.05) is 62.0 Å². The first-order valence-electron chi connectivity index (χ1n) is 6.85. The Hall–Kier alpha value is -2.11. The zero-order valence-electron chi connectivity index (χ0n) is 12.1. The number of fused-ring (bicyclic) bond motifs is 2. The Balaban J connectivity index is 2.41. The molecule has 0 aliphatic heterocycles. The molecule has 0 bridgehead atoms. The Labute approximate surface area is 120 Å². The molecule has 3 aromatic rings. The van der Waals surface area contributed by atoms with Gasteiger partial charge in [0.05, 0.1) is 11.0 Å². The largest absolute Gasteiger partial charge is 0.248 e. The molecule has 20 heavy (non-hydrogen) atoms. The highest BCUT2D eigenvalue weighted by molar-refractivity contribution is 6.83. The van der Waals surface area contributed by atoms with Gasteiger partial charge in [0.25, 0.3) is 0 Å². The summed E-state index contributed by atoms with van der Waals surface area (Å²) in [7, 11) is -1.40. The summed E-state index contributed by atoms with van der Waals surface area (Å²) in [6.07, 6.45) is 0. The van der Waals surface area contributed by atoms with Gasteiger partial charge in [-0.05, 0) is 12.1 Å². The van der Waals surface area contributed by atoms with Crippen LogP contribution in [0.25, 0.3) is 21.8 Å². The molecule has 0 aliphatic rings. The number of nitrogens with zero attached hydrogens (tertiary/aromatic N) is 1. The fourth-order valence-electron chi connectivity index (χ4n) is 2.22. The van der Waals surface area contributed by atoms with E-state index >= 15 is 0 Å². The van der Waals surface area contributed by atoms with Crippen LogP contribution in [0.15, 0.2) is 48.5 Å². The Morgan fingerprint density at radius 2 is 1.30 bits per heavy atom. The van der Waals surface area contributed by atoms with Gasteiger partial charge in [-0.3, -0.25) is 0 Å². The van der Waals surface area contributed by atoms with Crippen LogP contribution in [0.5, 0.6) is 0 Å². The average Bonchev–Trinajstić information content (AvgIpc) is 2.42. The molecular formula is C18H17NSi. The first-order valence-corrected chi connectivity index (χ1v) is 10.4. The lowest BCUT2D eigenvalue weighted by Gasteiger charge is -2.07. The van der Waals surface area contributed by atoms with Crippen LogP contribution in [0.1, 0.15) is 5.56 Å². The topological polar surface area (TPSA) is 12.9 Å². The van der Waals surface area contributed by atoms with Crippen LogP contribution >= 0.6 is 0 Å². The minimum Gasteiger partial charge on any atom is -0.248 e. The van der Waals surface area contributed by atoms with Gasteiger partial charge in [0, 0.05) is 16.3 Å². The van der Waals surface area contributed by atoms with Gasteiger partial charge in [-0.2, -0.15) is 0 Å². The van der Waals surface area contributed by atoms with Gasteiger partial charge >= 0.3 is 0 Å². The third-order valence-electron chi connectivity index (χ3n) is 3.15. The molecule has 0 aliphatic carbocycles. The smallest absolute Gasteiger partial charge is 0.129 e. The highest BCUT2D eigenvalue weighted by Gasteiger charge is 2.10. The van der Waals surface area contributed by atoms with E-state index in [1.54, 1.807) is 0 Å². The van der Waals surface area contributed by atoms with Gasteiger partial charge in [-0.25, -0.2) is 4.98 Å². The molecule has 0 saturated carbocycles. The Morgan fingerprint density at radius 3 is 1.80 bits per heavy atom. The van der Waals surface area contributed by atoms with Crippen molar-refractivity contribution in [2.75, 3.05) is 0 Å². The van der Waals surface area contributed by atoms with Crippen molar-refractivity contribution in [1.82, 2.24) is 4.98 Å². The highest BCUT2D eigenvalue weighted by Crippen LogP contribution is 2.25. The van der Waals surface area contributed by atoms with Crippen LogP contribution in [0.4, 0.5) is 0 Å². The molecule has 0 N–H and O–H groups in total. The summed E-state index contributed by atoms with van der Waals surface area (Å²) in [5.41, 5.74) is 6.64. The predicted molar refractivity (Wildman–Crippen MR) is 89.5 cm³/mol. The molecule has 1 nitrogen and oxygen atoms in total. The van der Waals surface area contributed by atoms with Crippen LogP contribution in [-0.2, 0) is 0 Å². The third kappa shape index (κ3) is 2.45. The van der Waals surface area contributed by atoms with Crippen LogP contribution in [0, 0.1) is 11.5 Å². The monoisotopic (exact) mass is 275 g/mol. The van der Waals surface area contributed by atoms with Crippen molar-refractivity contribution in [1.29, 1.82) is 0 Å². The van der Waals surface area contributed by atoms with Crippen molar-refractivity contribution in [3.63, 3.8) is 0 Å². The van der Waals surface area contributed by atoms with Gasteiger partial charge in [-0.15, -0.1) is 5.54 Å². The number of hydrogen-bond acceptors (Lipinski definition) is 1. The van der Waals surface area contributed by atoms with Crippen LogP contribution in [0.2, 0.25) is 19.6 Å². The normalized spacial score (nSPS) is 11.3. The second-order valence-electron chi connectivity index (χ2n) is 6.02. The number of hydrogen-bond donors (Lipinski definition) is 0. The molecule has 1 aromatic heterocycles. The Bertz CT molecular complexity index is 794. The Kier molecular flexibility index (Phi) is 3.08. The fraction of sp³-hybridized carbons (Fsp3) is 0.167. The molecule has 0 saturated heterocycles. The first kappa shape index (κ1) is 12.9. The standard InChI is InChI=1S/C18H17NSi/c1-20(2,3)13-12-14-15-8-4-6-10-17(15)19-18-11-7-5-9-16(14)18/h4-11H,1-3H3. The minimum atomic E-state index is -1.40. The van der Waals surface area contributed by atoms with Gasteiger partial charge in [0.2, 0.25) is 0 Å². The number of pyridine rings is 1. The van der Waals surface area contributed by atoms with Gasteiger partial charge in [0.1, 0.15) is 8.07 Å². The summed E-state index contributed by atoms with van der Waals surface area (Å²) in [6, 6.07) is 16.5. The van der Waals surface area contributed by atoms with Crippen molar-refractivity contribution < 1.29 is 0 Å².